The second-order valence-electron chi connectivity index (χ2n) is 4.46. The van der Waals surface area contributed by atoms with Crippen LogP contribution in [0.2, 0.25) is 0 Å². The molecular formula is C15H15NO3S. The van der Waals surface area contributed by atoms with Gasteiger partial charge in [-0.3, -0.25) is 4.79 Å². The number of hydrogen-bond donors (Lipinski definition) is 2. The van der Waals surface area contributed by atoms with E-state index in [9.17, 15) is 14.7 Å². The van der Waals surface area contributed by atoms with Crippen LogP contribution in [-0.2, 0) is 11.2 Å². The van der Waals surface area contributed by atoms with Gasteiger partial charge in [-0.25, -0.2) is 4.79 Å². The second kappa shape index (κ2) is 6.34. The molecule has 1 atom stereocenters. The molecule has 0 saturated heterocycles. The average Bonchev–Trinajstić information content (AvgIpc) is 2.86. The lowest BCUT2D eigenvalue weighted by atomic mass is 10.1. The van der Waals surface area contributed by atoms with Crippen molar-refractivity contribution in [3.05, 3.63) is 57.8 Å². The lowest BCUT2D eigenvalue weighted by Crippen LogP contribution is -2.42. The summed E-state index contributed by atoms with van der Waals surface area (Å²) in [5.74, 6) is -1.37. The average molecular weight is 289 g/mol. The van der Waals surface area contributed by atoms with E-state index in [2.05, 4.69) is 5.32 Å². The number of nitrogens with one attached hydrogen (secondary N) is 1. The van der Waals surface area contributed by atoms with Gasteiger partial charge in [0, 0.05) is 11.3 Å². The molecule has 0 saturated carbocycles. The first kappa shape index (κ1) is 14.3. The van der Waals surface area contributed by atoms with E-state index < -0.39 is 12.0 Å². The van der Waals surface area contributed by atoms with E-state index in [1.165, 1.54) is 11.3 Å². The third kappa shape index (κ3) is 3.68. The van der Waals surface area contributed by atoms with Gasteiger partial charge in [0.05, 0.1) is 4.88 Å². The van der Waals surface area contributed by atoms with Crippen molar-refractivity contribution in [2.45, 2.75) is 19.4 Å². The molecule has 0 unspecified atom stereocenters. The third-order valence-electron chi connectivity index (χ3n) is 2.85. The highest BCUT2D eigenvalue weighted by atomic mass is 32.1. The predicted octanol–water partition coefficient (Wildman–Crippen LogP) is 2.48. The summed E-state index contributed by atoms with van der Waals surface area (Å²) in [7, 11) is 0. The fraction of sp³-hybridized carbons (Fsp3) is 0.200. The lowest BCUT2D eigenvalue weighted by Gasteiger charge is -2.14. The Bertz CT molecular complexity index is 607. The summed E-state index contributed by atoms with van der Waals surface area (Å²) >= 11 is 1.35. The van der Waals surface area contributed by atoms with E-state index in [0.717, 1.165) is 10.4 Å². The summed E-state index contributed by atoms with van der Waals surface area (Å²) in [5, 5.41) is 11.8. The quantitative estimate of drug-likeness (QED) is 0.888. The second-order valence-corrected chi connectivity index (χ2v) is 5.75. The van der Waals surface area contributed by atoms with E-state index in [4.69, 9.17) is 0 Å². The molecule has 2 aromatic rings. The van der Waals surface area contributed by atoms with Gasteiger partial charge in [0.15, 0.2) is 0 Å². The Labute approximate surface area is 121 Å². The van der Waals surface area contributed by atoms with Crippen molar-refractivity contribution in [1.82, 2.24) is 5.32 Å². The SMILES string of the molecule is Cc1ccc(C(=O)N[C@H](Cc2ccccc2)C(=O)O)s1. The third-order valence-corrected chi connectivity index (χ3v) is 3.85. The van der Waals surface area contributed by atoms with Crippen molar-refractivity contribution in [2.75, 3.05) is 0 Å². The Morgan fingerprint density at radius 2 is 1.90 bits per heavy atom. The number of carbonyl (C=O) groups is 2. The summed E-state index contributed by atoms with van der Waals surface area (Å²) in [5.41, 5.74) is 0.877. The van der Waals surface area contributed by atoms with Crippen LogP contribution < -0.4 is 5.32 Å². The highest BCUT2D eigenvalue weighted by Crippen LogP contribution is 2.15. The highest BCUT2D eigenvalue weighted by molar-refractivity contribution is 7.13. The van der Waals surface area contributed by atoms with E-state index in [-0.39, 0.29) is 12.3 Å². The predicted molar refractivity (Wildman–Crippen MR) is 78.1 cm³/mol. The zero-order chi connectivity index (χ0) is 14.5. The van der Waals surface area contributed by atoms with E-state index in [1.54, 1.807) is 6.07 Å². The first-order valence-electron chi connectivity index (χ1n) is 6.20. The maximum absolute atomic E-state index is 12.0. The number of hydrogen-bond acceptors (Lipinski definition) is 3. The molecule has 0 aliphatic carbocycles. The van der Waals surface area contributed by atoms with Crippen molar-refractivity contribution in [3.63, 3.8) is 0 Å². The van der Waals surface area contributed by atoms with E-state index >= 15 is 0 Å². The summed E-state index contributed by atoms with van der Waals surface area (Å²) in [6.45, 7) is 1.90. The van der Waals surface area contributed by atoms with Gasteiger partial charge in [0.1, 0.15) is 6.04 Å². The molecular weight excluding hydrogens is 274 g/mol. The van der Waals surface area contributed by atoms with Crippen LogP contribution in [0.25, 0.3) is 0 Å². The number of carbonyl (C=O) groups excluding carboxylic acids is 1. The lowest BCUT2D eigenvalue weighted by molar-refractivity contribution is -0.139. The molecule has 2 rings (SSSR count). The van der Waals surface area contributed by atoms with E-state index in [1.807, 2.05) is 43.3 Å². The Kier molecular flexibility index (Phi) is 4.53. The number of carboxylic acid groups (broad SMARTS) is 1. The van der Waals surface area contributed by atoms with Crippen LogP contribution in [0.1, 0.15) is 20.1 Å². The molecule has 1 heterocycles. The number of thiophene rings is 1. The maximum atomic E-state index is 12.0. The summed E-state index contributed by atoms with van der Waals surface area (Å²) < 4.78 is 0. The first-order chi connectivity index (χ1) is 9.56. The van der Waals surface area contributed by atoms with Crippen LogP contribution in [0.4, 0.5) is 0 Å². The molecule has 1 amide bonds. The molecule has 1 aromatic carbocycles. The van der Waals surface area contributed by atoms with Crippen molar-refractivity contribution >= 4 is 23.2 Å². The minimum atomic E-state index is -1.03. The Morgan fingerprint density at radius 3 is 2.45 bits per heavy atom. The molecule has 0 spiro atoms. The molecule has 1 aromatic heterocycles. The largest absolute Gasteiger partial charge is 0.480 e. The van der Waals surface area contributed by atoms with Crippen LogP contribution >= 0.6 is 11.3 Å². The molecule has 0 aliphatic rings. The number of rotatable bonds is 5. The molecule has 20 heavy (non-hydrogen) atoms. The van der Waals surface area contributed by atoms with Gasteiger partial charge >= 0.3 is 5.97 Å². The van der Waals surface area contributed by atoms with Crippen molar-refractivity contribution < 1.29 is 14.7 Å². The molecule has 4 nitrogen and oxygen atoms in total. The van der Waals surface area contributed by atoms with E-state index in [0.29, 0.717) is 4.88 Å². The number of aliphatic carboxylic acids is 1. The topological polar surface area (TPSA) is 66.4 Å². The number of aryl methyl sites for hydroxylation is 1. The molecule has 0 aliphatic heterocycles. The number of carboxylic acids is 1. The maximum Gasteiger partial charge on any atom is 0.326 e. The minimum absolute atomic E-state index is 0.270. The molecule has 104 valence electrons. The molecule has 2 N–H and O–H groups in total. The van der Waals surface area contributed by atoms with Gasteiger partial charge in [-0.1, -0.05) is 30.3 Å². The standard InChI is InChI=1S/C15H15NO3S/c1-10-7-8-13(20-10)14(17)16-12(15(18)19)9-11-5-3-2-4-6-11/h2-8,12H,9H2,1H3,(H,16,17)(H,18,19)/t12-/m1/s1. The van der Waals surface area contributed by atoms with Crippen molar-refractivity contribution in [3.8, 4) is 0 Å². The first-order valence-corrected chi connectivity index (χ1v) is 7.02. The number of benzene rings is 1. The molecule has 5 heteroatoms. The minimum Gasteiger partial charge on any atom is -0.480 e. The van der Waals surface area contributed by atoms with Gasteiger partial charge < -0.3 is 10.4 Å². The van der Waals surface area contributed by atoms with Gasteiger partial charge in [-0.2, -0.15) is 0 Å². The Balaban J connectivity index is 2.06. The fourth-order valence-corrected chi connectivity index (χ4v) is 2.61. The van der Waals surface area contributed by atoms with Crippen molar-refractivity contribution in [2.24, 2.45) is 0 Å². The number of amides is 1. The summed E-state index contributed by atoms with van der Waals surface area (Å²) in [6, 6.07) is 11.9. The summed E-state index contributed by atoms with van der Waals surface area (Å²) in [6.07, 6.45) is 0.270. The van der Waals surface area contributed by atoms with Gasteiger partial charge in [0.2, 0.25) is 0 Å². The normalized spacial score (nSPS) is 11.8. The zero-order valence-electron chi connectivity index (χ0n) is 11.0. The zero-order valence-corrected chi connectivity index (χ0v) is 11.8. The van der Waals surface area contributed by atoms with Crippen LogP contribution in [-0.4, -0.2) is 23.0 Å². The van der Waals surface area contributed by atoms with Gasteiger partial charge in [-0.15, -0.1) is 11.3 Å². The molecule has 0 bridgehead atoms. The Hall–Kier alpha value is -2.14. The van der Waals surface area contributed by atoms with Crippen LogP contribution in [0, 0.1) is 6.92 Å². The molecule has 0 radical (unpaired) electrons. The summed E-state index contributed by atoms with van der Waals surface area (Å²) in [4.78, 5) is 24.8. The van der Waals surface area contributed by atoms with Gasteiger partial charge in [-0.05, 0) is 24.6 Å². The van der Waals surface area contributed by atoms with Crippen LogP contribution in [0.5, 0.6) is 0 Å². The van der Waals surface area contributed by atoms with Crippen molar-refractivity contribution in [1.29, 1.82) is 0 Å². The fourth-order valence-electron chi connectivity index (χ4n) is 1.84. The monoisotopic (exact) mass is 289 g/mol. The Morgan fingerprint density at radius 1 is 1.20 bits per heavy atom. The van der Waals surface area contributed by atoms with Crippen LogP contribution in [0.3, 0.4) is 0 Å². The van der Waals surface area contributed by atoms with Gasteiger partial charge in [0.25, 0.3) is 5.91 Å². The smallest absolute Gasteiger partial charge is 0.326 e. The highest BCUT2D eigenvalue weighted by Gasteiger charge is 2.21. The molecule has 0 fully saturated rings. The van der Waals surface area contributed by atoms with Crippen LogP contribution in [0.15, 0.2) is 42.5 Å².